The van der Waals surface area contributed by atoms with E-state index >= 15 is 0 Å². The highest BCUT2D eigenvalue weighted by Gasteiger charge is 2.30. The first-order valence-electron chi connectivity index (χ1n) is 7.98. The highest BCUT2D eigenvalue weighted by Crippen LogP contribution is 2.29. The van der Waals surface area contributed by atoms with E-state index in [1.165, 1.54) is 12.1 Å². The van der Waals surface area contributed by atoms with Crippen LogP contribution in [0.4, 0.5) is 18.3 Å². The van der Waals surface area contributed by atoms with Crippen molar-refractivity contribution in [2.75, 3.05) is 18.0 Å². The van der Waals surface area contributed by atoms with Gasteiger partial charge in [-0.1, -0.05) is 12.0 Å². The van der Waals surface area contributed by atoms with Crippen molar-refractivity contribution >= 4 is 22.4 Å². The number of benzene rings is 1. The molecule has 1 amide bonds. The first-order valence-corrected chi connectivity index (χ1v) is 8.80. The third kappa shape index (κ3) is 4.55. The fourth-order valence-corrected chi connectivity index (χ4v) is 3.46. The van der Waals surface area contributed by atoms with Crippen LogP contribution >= 0.6 is 11.3 Å². The van der Waals surface area contributed by atoms with Crippen molar-refractivity contribution in [3.05, 3.63) is 46.5 Å². The fourth-order valence-electron chi connectivity index (χ4n) is 2.66. The number of aromatic nitrogens is 1. The monoisotopic (exact) mass is 379 g/mol. The van der Waals surface area contributed by atoms with Crippen molar-refractivity contribution in [3.8, 4) is 11.8 Å². The summed E-state index contributed by atoms with van der Waals surface area (Å²) >= 11 is 1.60. The SMILES string of the molecule is Cc1cnc(N2CCC(NC(=O)C#Cc3cccc(C(F)(F)F)c3)C2)s1. The van der Waals surface area contributed by atoms with E-state index in [4.69, 9.17) is 0 Å². The van der Waals surface area contributed by atoms with Crippen molar-refractivity contribution in [1.82, 2.24) is 10.3 Å². The highest BCUT2D eigenvalue weighted by atomic mass is 32.1. The van der Waals surface area contributed by atoms with Gasteiger partial charge in [-0.25, -0.2) is 4.98 Å². The molecule has 8 heteroatoms. The summed E-state index contributed by atoms with van der Waals surface area (Å²) < 4.78 is 38.0. The number of rotatable bonds is 2. The number of hydrogen-bond acceptors (Lipinski definition) is 4. The second kappa shape index (κ2) is 7.38. The summed E-state index contributed by atoms with van der Waals surface area (Å²) in [6, 6.07) is 4.57. The summed E-state index contributed by atoms with van der Waals surface area (Å²) in [6.07, 6.45) is -1.84. The van der Waals surface area contributed by atoms with Gasteiger partial charge in [0.05, 0.1) is 5.56 Å². The molecule has 1 fully saturated rings. The summed E-state index contributed by atoms with van der Waals surface area (Å²) in [4.78, 5) is 19.5. The number of alkyl halides is 3. The number of nitrogens with one attached hydrogen (secondary N) is 1. The Labute approximate surface area is 153 Å². The summed E-state index contributed by atoms with van der Waals surface area (Å²) in [7, 11) is 0. The smallest absolute Gasteiger partial charge is 0.346 e. The third-order valence-electron chi connectivity index (χ3n) is 3.91. The molecule has 1 aliphatic heterocycles. The Balaban J connectivity index is 1.58. The van der Waals surface area contributed by atoms with Gasteiger partial charge in [-0.3, -0.25) is 4.79 Å². The molecule has 1 atom stereocenters. The Bertz CT molecular complexity index is 866. The standard InChI is InChI=1S/C18H16F3N3OS/c1-12-10-22-17(26-12)24-8-7-15(11-24)23-16(25)6-5-13-3-2-4-14(9-13)18(19,20)21/h2-4,9-10,15H,7-8,11H2,1H3,(H,23,25). The van der Waals surface area contributed by atoms with Crippen LogP contribution < -0.4 is 10.2 Å². The van der Waals surface area contributed by atoms with Gasteiger partial charge in [-0.15, -0.1) is 11.3 Å². The maximum absolute atomic E-state index is 12.7. The molecule has 3 rings (SSSR count). The predicted octanol–water partition coefficient (Wildman–Crippen LogP) is 3.22. The molecule has 0 saturated carbocycles. The Kier molecular flexibility index (Phi) is 5.18. The number of amides is 1. The first kappa shape index (κ1) is 18.3. The van der Waals surface area contributed by atoms with Gasteiger partial charge in [-0.2, -0.15) is 13.2 Å². The van der Waals surface area contributed by atoms with Gasteiger partial charge >= 0.3 is 6.18 Å². The molecule has 4 nitrogen and oxygen atoms in total. The van der Waals surface area contributed by atoms with Gasteiger partial charge in [-0.05, 0) is 31.5 Å². The molecular formula is C18H16F3N3OS. The van der Waals surface area contributed by atoms with E-state index in [-0.39, 0.29) is 11.6 Å². The largest absolute Gasteiger partial charge is 0.416 e. The number of hydrogen-bond donors (Lipinski definition) is 1. The number of nitrogens with zero attached hydrogens (tertiary/aromatic N) is 2. The Morgan fingerprint density at radius 2 is 2.23 bits per heavy atom. The number of anilines is 1. The van der Waals surface area contributed by atoms with Gasteiger partial charge in [0.2, 0.25) is 0 Å². The second-order valence-electron chi connectivity index (χ2n) is 5.99. The summed E-state index contributed by atoms with van der Waals surface area (Å²) in [6.45, 7) is 3.42. The van der Waals surface area contributed by atoms with Gasteiger partial charge in [0, 0.05) is 41.7 Å². The van der Waals surface area contributed by atoms with E-state index in [2.05, 4.69) is 27.0 Å². The van der Waals surface area contributed by atoms with E-state index in [9.17, 15) is 18.0 Å². The van der Waals surface area contributed by atoms with Crippen molar-refractivity contribution in [3.63, 3.8) is 0 Å². The van der Waals surface area contributed by atoms with E-state index in [1.54, 1.807) is 11.3 Å². The zero-order chi connectivity index (χ0) is 18.7. The molecule has 1 saturated heterocycles. The number of aryl methyl sites for hydroxylation is 1. The molecule has 2 aromatic rings. The summed E-state index contributed by atoms with van der Waals surface area (Å²) in [5.74, 6) is 4.36. The van der Waals surface area contributed by atoms with Crippen LogP contribution in [0.2, 0.25) is 0 Å². The van der Waals surface area contributed by atoms with Gasteiger partial charge in [0.15, 0.2) is 5.13 Å². The lowest BCUT2D eigenvalue weighted by Crippen LogP contribution is -2.36. The van der Waals surface area contributed by atoms with E-state index < -0.39 is 17.6 Å². The van der Waals surface area contributed by atoms with E-state index in [0.717, 1.165) is 35.1 Å². The number of thiazole rings is 1. The summed E-state index contributed by atoms with van der Waals surface area (Å²) in [5.41, 5.74) is -0.629. The van der Waals surface area contributed by atoms with Crippen molar-refractivity contribution in [2.45, 2.75) is 25.6 Å². The molecule has 136 valence electrons. The first-order chi connectivity index (χ1) is 12.3. The Morgan fingerprint density at radius 1 is 1.42 bits per heavy atom. The van der Waals surface area contributed by atoms with Crippen LogP contribution in [0.1, 0.15) is 22.4 Å². The van der Waals surface area contributed by atoms with Crippen LogP contribution in [0, 0.1) is 18.8 Å². The molecule has 1 unspecified atom stereocenters. The highest BCUT2D eigenvalue weighted by molar-refractivity contribution is 7.15. The molecule has 2 heterocycles. The zero-order valence-corrected chi connectivity index (χ0v) is 14.7. The van der Waals surface area contributed by atoms with Crippen LogP contribution in [-0.2, 0) is 11.0 Å². The molecule has 0 radical (unpaired) electrons. The minimum atomic E-state index is -4.43. The summed E-state index contributed by atoms with van der Waals surface area (Å²) in [5, 5.41) is 3.73. The van der Waals surface area contributed by atoms with Crippen molar-refractivity contribution in [2.24, 2.45) is 0 Å². The Hall–Kier alpha value is -2.53. The molecule has 26 heavy (non-hydrogen) atoms. The second-order valence-corrected chi connectivity index (χ2v) is 7.20. The lowest BCUT2D eigenvalue weighted by atomic mass is 10.1. The average molecular weight is 379 g/mol. The topological polar surface area (TPSA) is 45.2 Å². The van der Waals surface area contributed by atoms with Crippen LogP contribution in [0.5, 0.6) is 0 Å². The molecule has 0 bridgehead atoms. The van der Waals surface area contributed by atoms with Crippen LogP contribution in [0.25, 0.3) is 0 Å². The third-order valence-corrected chi connectivity index (χ3v) is 4.89. The van der Waals surface area contributed by atoms with Gasteiger partial charge in [0.1, 0.15) is 0 Å². The quantitative estimate of drug-likeness (QED) is 0.815. The number of carbonyl (C=O) groups is 1. The van der Waals surface area contributed by atoms with Crippen LogP contribution in [0.15, 0.2) is 30.5 Å². The number of halogens is 3. The Morgan fingerprint density at radius 3 is 2.92 bits per heavy atom. The zero-order valence-electron chi connectivity index (χ0n) is 13.9. The van der Waals surface area contributed by atoms with Crippen LogP contribution in [0.3, 0.4) is 0 Å². The van der Waals surface area contributed by atoms with Gasteiger partial charge in [0.25, 0.3) is 5.91 Å². The van der Waals surface area contributed by atoms with Crippen molar-refractivity contribution < 1.29 is 18.0 Å². The van der Waals surface area contributed by atoms with E-state index in [0.29, 0.717) is 6.54 Å². The van der Waals surface area contributed by atoms with Gasteiger partial charge < -0.3 is 10.2 Å². The fraction of sp³-hybridized carbons (Fsp3) is 0.333. The maximum atomic E-state index is 12.7. The average Bonchev–Trinajstić information content (AvgIpc) is 3.21. The predicted molar refractivity (Wildman–Crippen MR) is 93.9 cm³/mol. The molecule has 1 aliphatic rings. The molecule has 1 N–H and O–H groups in total. The van der Waals surface area contributed by atoms with Crippen molar-refractivity contribution in [1.29, 1.82) is 0 Å². The minimum Gasteiger partial charge on any atom is -0.346 e. The minimum absolute atomic E-state index is 0.0532. The van der Waals surface area contributed by atoms with Crippen LogP contribution in [-0.4, -0.2) is 30.0 Å². The lowest BCUT2D eigenvalue weighted by molar-refractivity contribution is -0.137. The molecule has 1 aromatic heterocycles. The molecular weight excluding hydrogens is 363 g/mol. The molecule has 0 aliphatic carbocycles. The number of carbonyl (C=O) groups excluding carboxylic acids is 1. The maximum Gasteiger partial charge on any atom is 0.416 e. The normalized spacial score (nSPS) is 16.9. The molecule has 0 spiro atoms. The van der Waals surface area contributed by atoms with E-state index in [1.807, 2.05) is 13.1 Å². The molecule has 1 aromatic carbocycles. The lowest BCUT2D eigenvalue weighted by Gasteiger charge is -2.14.